The van der Waals surface area contributed by atoms with E-state index < -0.39 is 0 Å². The van der Waals surface area contributed by atoms with Crippen LogP contribution in [0.5, 0.6) is 0 Å². The molecule has 0 aliphatic heterocycles. The van der Waals surface area contributed by atoms with Crippen molar-refractivity contribution in [3.63, 3.8) is 0 Å². The lowest BCUT2D eigenvalue weighted by Crippen LogP contribution is -2.10. The molecule has 0 heterocycles. The first-order valence-electron chi connectivity index (χ1n) is 6.68. The molecule has 2 aromatic carbocycles. The highest BCUT2D eigenvalue weighted by atomic mass is 35.5. The number of carbonyl (C=O) groups is 2. The molecule has 1 N–H and O–H groups in total. The average Bonchev–Trinajstić information content (AvgIpc) is 2.44. The van der Waals surface area contributed by atoms with Crippen molar-refractivity contribution < 1.29 is 9.59 Å². The van der Waals surface area contributed by atoms with Crippen LogP contribution in [0, 0.1) is 13.8 Å². The summed E-state index contributed by atoms with van der Waals surface area (Å²) in [5.74, 6) is -0.278. The zero-order valence-corrected chi connectivity index (χ0v) is 14.0. The van der Waals surface area contributed by atoms with Crippen molar-refractivity contribution in [3.8, 4) is 0 Å². The SMILES string of the molecule is CC(=O)Nc1cc(C)c(C(=O)c2ccc(Cl)c(Cl)c2)cc1C. The Morgan fingerprint density at radius 3 is 2.23 bits per heavy atom. The number of aryl methyl sites for hydroxylation is 2. The number of nitrogens with one attached hydrogen (secondary N) is 1. The Morgan fingerprint density at radius 2 is 1.64 bits per heavy atom. The molecule has 0 aromatic heterocycles. The largest absolute Gasteiger partial charge is 0.326 e. The fraction of sp³-hybridized carbons (Fsp3) is 0.176. The predicted molar refractivity (Wildman–Crippen MR) is 90.1 cm³/mol. The van der Waals surface area contributed by atoms with E-state index in [0.29, 0.717) is 26.9 Å². The fourth-order valence-electron chi connectivity index (χ4n) is 2.18. The third-order valence-corrected chi connectivity index (χ3v) is 4.05. The number of carbonyl (C=O) groups excluding carboxylic acids is 2. The van der Waals surface area contributed by atoms with E-state index >= 15 is 0 Å². The maximum absolute atomic E-state index is 12.6. The van der Waals surface area contributed by atoms with E-state index in [1.54, 1.807) is 30.3 Å². The van der Waals surface area contributed by atoms with E-state index in [1.165, 1.54) is 6.92 Å². The maximum Gasteiger partial charge on any atom is 0.221 e. The number of halogens is 2. The van der Waals surface area contributed by atoms with Gasteiger partial charge in [0.05, 0.1) is 10.0 Å². The third kappa shape index (κ3) is 3.49. The number of rotatable bonds is 3. The summed E-state index contributed by atoms with van der Waals surface area (Å²) in [6.45, 7) is 5.12. The van der Waals surface area contributed by atoms with Gasteiger partial charge in [0.1, 0.15) is 0 Å². The first-order chi connectivity index (χ1) is 10.3. The lowest BCUT2D eigenvalue weighted by molar-refractivity contribution is -0.114. The van der Waals surface area contributed by atoms with Crippen molar-refractivity contribution in [2.24, 2.45) is 0 Å². The lowest BCUT2D eigenvalue weighted by atomic mass is 9.96. The summed E-state index contributed by atoms with van der Waals surface area (Å²) in [5, 5.41) is 3.50. The molecule has 0 spiro atoms. The Labute approximate surface area is 139 Å². The molecule has 0 saturated carbocycles. The second kappa shape index (κ2) is 6.51. The van der Waals surface area contributed by atoms with E-state index in [4.69, 9.17) is 23.2 Å². The normalized spacial score (nSPS) is 10.4. The minimum atomic E-state index is -0.147. The highest BCUT2D eigenvalue weighted by molar-refractivity contribution is 6.42. The second-order valence-electron chi connectivity index (χ2n) is 5.12. The monoisotopic (exact) mass is 335 g/mol. The van der Waals surface area contributed by atoms with E-state index in [0.717, 1.165) is 11.1 Å². The fourth-order valence-corrected chi connectivity index (χ4v) is 2.48. The van der Waals surface area contributed by atoms with Crippen LogP contribution in [0.3, 0.4) is 0 Å². The second-order valence-corrected chi connectivity index (χ2v) is 5.94. The van der Waals surface area contributed by atoms with Gasteiger partial charge in [0.2, 0.25) is 5.91 Å². The van der Waals surface area contributed by atoms with Gasteiger partial charge >= 0.3 is 0 Å². The molecule has 0 fully saturated rings. The van der Waals surface area contributed by atoms with Crippen LogP contribution in [0.15, 0.2) is 30.3 Å². The first kappa shape index (κ1) is 16.5. The van der Waals surface area contributed by atoms with E-state index in [1.807, 2.05) is 13.8 Å². The van der Waals surface area contributed by atoms with Crippen LogP contribution >= 0.6 is 23.2 Å². The van der Waals surface area contributed by atoms with Gasteiger partial charge in [-0.2, -0.15) is 0 Å². The molecular weight excluding hydrogens is 321 g/mol. The summed E-state index contributed by atoms with van der Waals surface area (Å²) in [7, 11) is 0. The van der Waals surface area contributed by atoms with Gasteiger partial charge in [0, 0.05) is 23.7 Å². The third-order valence-electron chi connectivity index (χ3n) is 3.31. The molecule has 2 rings (SSSR count). The molecule has 114 valence electrons. The van der Waals surface area contributed by atoms with Crippen molar-refractivity contribution in [1.82, 2.24) is 0 Å². The van der Waals surface area contributed by atoms with Crippen molar-refractivity contribution in [1.29, 1.82) is 0 Å². The first-order valence-corrected chi connectivity index (χ1v) is 7.43. The quantitative estimate of drug-likeness (QED) is 0.819. The lowest BCUT2D eigenvalue weighted by Gasteiger charge is -2.12. The molecular formula is C17H15Cl2NO2. The van der Waals surface area contributed by atoms with Gasteiger partial charge in [-0.1, -0.05) is 23.2 Å². The molecule has 0 aliphatic rings. The topological polar surface area (TPSA) is 46.2 Å². The van der Waals surface area contributed by atoms with Crippen molar-refractivity contribution in [2.45, 2.75) is 20.8 Å². The predicted octanol–water partition coefficient (Wildman–Crippen LogP) is 4.80. The van der Waals surface area contributed by atoms with Gasteiger partial charge in [-0.25, -0.2) is 0 Å². The minimum absolute atomic E-state index is 0.131. The molecule has 0 aliphatic carbocycles. The van der Waals surface area contributed by atoms with Crippen molar-refractivity contribution in [2.75, 3.05) is 5.32 Å². The number of amides is 1. The number of hydrogen-bond acceptors (Lipinski definition) is 2. The van der Waals surface area contributed by atoms with Crippen LogP contribution < -0.4 is 5.32 Å². The van der Waals surface area contributed by atoms with Gasteiger partial charge in [-0.3, -0.25) is 9.59 Å². The smallest absolute Gasteiger partial charge is 0.221 e. The summed E-state index contributed by atoms with van der Waals surface area (Å²) in [6.07, 6.45) is 0. The van der Waals surface area contributed by atoms with Crippen LogP contribution in [0.1, 0.15) is 34.0 Å². The number of ketones is 1. The average molecular weight is 336 g/mol. The number of anilines is 1. The summed E-state index contributed by atoms with van der Waals surface area (Å²) in [6, 6.07) is 8.37. The Hall–Kier alpha value is -1.84. The molecule has 0 saturated heterocycles. The van der Waals surface area contributed by atoms with Crippen molar-refractivity contribution >= 4 is 40.6 Å². The van der Waals surface area contributed by atoms with E-state index in [9.17, 15) is 9.59 Å². The molecule has 22 heavy (non-hydrogen) atoms. The molecule has 0 radical (unpaired) electrons. The van der Waals surface area contributed by atoms with Crippen LogP contribution in [-0.4, -0.2) is 11.7 Å². The van der Waals surface area contributed by atoms with Gasteiger partial charge in [-0.05, 0) is 55.3 Å². The minimum Gasteiger partial charge on any atom is -0.326 e. The zero-order valence-electron chi connectivity index (χ0n) is 12.5. The Balaban J connectivity index is 2.43. The molecule has 2 aromatic rings. The Bertz CT molecular complexity index is 769. The summed E-state index contributed by atoms with van der Waals surface area (Å²) in [5.41, 5.74) is 3.36. The number of benzene rings is 2. The van der Waals surface area contributed by atoms with Crippen molar-refractivity contribution in [3.05, 3.63) is 62.6 Å². The molecule has 0 unspecified atom stereocenters. The molecule has 1 amide bonds. The highest BCUT2D eigenvalue weighted by Crippen LogP contribution is 2.26. The van der Waals surface area contributed by atoms with Crippen LogP contribution in [-0.2, 0) is 4.79 Å². The highest BCUT2D eigenvalue weighted by Gasteiger charge is 2.15. The zero-order chi connectivity index (χ0) is 16.4. The van der Waals surface area contributed by atoms with E-state index in [2.05, 4.69) is 5.32 Å². The molecule has 5 heteroatoms. The van der Waals surface area contributed by atoms with Crippen LogP contribution in [0.2, 0.25) is 10.0 Å². The van der Waals surface area contributed by atoms with Gasteiger partial charge in [-0.15, -0.1) is 0 Å². The number of hydrogen-bond donors (Lipinski definition) is 1. The van der Waals surface area contributed by atoms with Crippen LogP contribution in [0.4, 0.5) is 5.69 Å². The molecule has 0 bridgehead atoms. The Morgan fingerprint density at radius 1 is 0.955 bits per heavy atom. The Kier molecular flexibility index (Phi) is 4.89. The summed E-state index contributed by atoms with van der Waals surface area (Å²) >= 11 is 11.8. The molecule has 0 atom stereocenters. The van der Waals surface area contributed by atoms with Gasteiger partial charge in [0.25, 0.3) is 0 Å². The molecule has 3 nitrogen and oxygen atoms in total. The maximum atomic E-state index is 12.6. The van der Waals surface area contributed by atoms with Gasteiger partial charge in [0.15, 0.2) is 5.78 Å². The standard InChI is InChI=1S/C17H15Cl2NO2/c1-9-7-16(20-11(3)21)10(2)6-13(9)17(22)12-4-5-14(18)15(19)8-12/h4-8H,1-3H3,(H,20,21). The van der Waals surface area contributed by atoms with E-state index in [-0.39, 0.29) is 11.7 Å². The van der Waals surface area contributed by atoms with Crippen LogP contribution in [0.25, 0.3) is 0 Å². The summed E-state index contributed by atoms with van der Waals surface area (Å²) < 4.78 is 0. The van der Waals surface area contributed by atoms with Gasteiger partial charge < -0.3 is 5.32 Å². The summed E-state index contributed by atoms with van der Waals surface area (Å²) in [4.78, 5) is 23.8.